The first-order valence-corrected chi connectivity index (χ1v) is 3.80. The van der Waals surface area contributed by atoms with Crippen molar-refractivity contribution in [2.75, 3.05) is 13.2 Å². The second-order valence-corrected chi connectivity index (χ2v) is 2.27. The van der Waals surface area contributed by atoms with Crippen LogP contribution in [0.25, 0.3) is 0 Å². The Morgan fingerprint density at radius 3 is 2.70 bits per heavy atom. The van der Waals surface area contributed by atoms with E-state index in [0.29, 0.717) is 0 Å². The molecule has 10 heavy (non-hydrogen) atoms. The summed E-state index contributed by atoms with van der Waals surface area (Å²) in [5.74, 6) is 0. The van der Waals surface area contributed by atoms with Gasteiger partial charge in [0.2, 0.25) is 0 Å². The maximum absolute atomic E-state index is 8.74. The molecule has 0 aliphatic carbocycles. The second kappa shape index (κ2) is 6.78. The van der Waals surface area contributed by atoms with Crippen LogP contribution in [0.2, 0.25) is 0 Å². The van der Waals surface area contributed by atoms with Gasteiger partial charge >= 0.3 is 0 Å². The fraction of sp³-hybridized carbons (Fsp3) is 0.750. The van der Waals surface area contributed by atoms with Crippen LogP contribution in [0, 0.1) is 0 Å². The lowest BCUT2D eigenvalue weighted by atomic mass is 10.2. The van der Waals surface area contributed by atoms with Gasteiger partial charge < -0.3 is 10.4 Å². The third kappa shape index (κ3) is 4.53. The van der Waals surface area contributed by atoms with Crippen LogP contribution >= 0.6 is 0 Å². The van der Waals surface area contributed by atoms with Crippen LogP contribution in [0.4, 0.5) is 0 Å². The summed E-state index contributed by atoms with van der Waals surface area (Å²) in [5.41, 5.74) is 0. The summed E-state index contributed by atoms with van der Waals surface area (Å²) in [5, 5.41) is 11.9. The molecule has 60 valence electrons. The lowest BCUT2D eigenvalue weighted by Gasteiger charge is -2.11. The molecule has 0 spiro atoms. The maximum atomic E-state index is 8.74. The lowest BCUT2D eigenvalue weighted by molar-refractivity contribution is 0.242. The summed E-state index contributed by atoms with van der Waals surface area (Å²) < 4.78 is 0. The van der Waals surface area contributed by atoms with Crippen molar-refractivity contribution in [1.29, 1.82) is 0 Å². The zero-order valence-corrected chi connectivity index (χ0v) is 6.80. The molecule has 0 saturated carbocycles. The molecule has 1 unspecified atom stereocenters. The number of nitrogens with one attached hydrogen (secondary N) is 1. The third-order valence-electron chi connectivity index (χ3n) is 1.47. The number of rotatable bonds is 5. The van der Waals surface area contributed by atoms with E-state index in [1.807, 2.05) is 19.1 Å². The molecule has 1 atom stereocenters. The molecule has 0 saturated heterocycles. The predicted octanol–water partition coefficient (Wildman–Crippen LogP) is 0.923. The quantitative estimate of drug-likeness (QED) is 0.561. The minimum atomic E-state index is 0.230. The average Bonchev–Trinajstić information content (AvgIpc) is 1.99. The van der Waals surface area contributed by atoms with Crippen molar-refractivity contribution in [3.05, 3.63) is 12.2 Å². The smallest absolute Gasteiger partial charge is 0.0584 e. The second-order valence-electron chi connectivity index (χ2n) is 2.27. The van der Waals surface area contributed by atoms with Crippen LogP contribution in [-0.4, -0.2) is 24.3 Å². The van der Waals surface area contributed by atoms with E-state index in [4.69, 9.17) is 5.11 Å². The summed E-state index contributed by atoms with van der Waals surface area (Å²) in [4.78, 5) is 0. The minimum absolute atomic E-state index is 0.230. The van der Waals surface area contributed by atoms with Gasteiger partial charge in [0.05, 0.1) is 6.61 Å². The zero-order valence-electron chi connectivity index (χ0n) is 6.80. The van der Waals surface area contributed by atoms with Crippen LogP contribution in [0.1, 0.15) is 20.3 Å². The van der Waals surface area contributed by atoms with Crippen molar-refractivity contribution < 1.29 is 5.11 Å². The highest BCUT2D eigenvalue weighted by molar-refractivity contribution is 4.81. The Kier molecular flexibility index (Phi) is 6.55. The Labute approximate surface area is 62.9 Å². The van der Waals surface area contributed by atoms with E-state index in [2.05, 4.69) is 12.2 Å². The molecule has 0 rings (SSSR count). The molecule has 0 heterocycles. The summed E-state index contributed by atoms with van der Waals surface area (Å²) in [7, 11) is 0. The van der Waals surface area contributed by atoms with E-state index in [0.717, 1.165) is 13.0 Å². The van der Waals surface area contributed by atoms with Gasteiger partial charge in [0.25, 0.3) is 0 Å². The van der Waals surface area contributed by atoms with E-state index in [9.17, 15) is 0 Å². The highest BCUT2D eigenvalue weighted by Crippen LogP contribution is 1.87. The average molecular weight is 143 g/mol. The highest BCUT2D eigenvalue weighted by atomic mass is 16.3. The fourth-order valence-corrected chi connectivity index (χ4v) is 0.691. The molecule has 0 aliphatic heterocycles. The van der Waals surface area contributed by atoms with Gasteiger partial charge in [-0.05, 0) is 13.3 Å². The van der Waals surface area contributed by atoms with Crippen molar-refractivity contribution >= 4 is 0 Å². The van der Waals surface area contributed by atoms with Crippen LogP contribution in [-0.2, 0) is 0 Å². The number of aliphatic hydroxyl groups is 1. The zero-order chi connectivity index (χ0) is 7.82. The summed E-state index contributed by atoms with van der Waals surface area (Å²) in [6.45, 7) is 5.13. The molecule has 2 N–H and O–H groups in total. The van der Waals surface area contributed by atoms with E-state index < -0.39 is 0 Å². The number of hydrogen-bond donors (Lipinski definition) is 2. The van der Waals surface area contributed by atoms with Crippen molar-refractivity contribution in [3.8, 4) is 0 Å². The van der Waals surface area contributed by atoms with Gasteiger partial charge in [0.15, 0.2) is 0 Å². The SMILES string of the molecule is C/C=C/CNC(CC)CO. The third-order valence-corrected chi connectivity index (χ3v) is 1.47. The standard InChI is InChI=1S/C8H17NO/c1-3-5-6-9-8(4-2)7-10/h3,5,8-10H,4,6-7H2,1-2H3/b5-3+. The normalized spacial score (nSPS) is 14.3. The Morgan fingerprint density at radius 2 is 2.30 bits per heavy atom. The molecule has 0 fully saturated rings. The van der Waals surface area contributed by atoms with Gasteiger partial charge in [-0.15, -0.1) is 0 Å². The van der Waals surface area contributed by atoms with E-state index >= 15 is 0 Å². The Balaban J connectivity index is 3.25. The van der Waals surface area contributed by atoms with Gasteiger partial charge in [0, 0.05) is 12.6 Å². The monoisotopic (exact) mass is 143 g/mol. The first-order chi connectivity index (χ1) is 4.85. The van der Waals surface area contributed by atoms with Gasteiger partial charge in [-0.25, -0.2) is 0 Å². The van der Waals surface area contributed by atoms with Gasteiger partial charge in [-0.3, -0.25) is 0 Å². The number of hydrogen-bond acceptors (Lipinski definition) is 2. The summed E-state index contributed by atoms with van der Waals surface area (Å²) in [6.07, 6.45) is 5.02. The molecule has 0 amide bonds. The molecule has 2 nitrogen and oxygen atoms in total. The Morgan fingerprint density at radius 1 is 1.60 bits per heavy atom. The maximum Gasteiger partial charge on any atom is 0.0584 e. The minimum Gasteiger partial charge on any atom is -0.395 e. The van der Waals surface area contributed by atoms with E-state index in [-0.39, 0.29) is 12.6 Å². The topological polar surface area (TPSA) is 32.3 Å². The molecule has 0 aromatic heterocycles. The van der Waals surface area contributed by atoms with E-state index in [1.54, 1.807) is 0 Å². The van der Waals surface area contributed by atoms with Crippen molar-refractivity contribution in [2.45, 2.75) is 26.3 Å². The van der Waals surface area contributed by atoms with Crippen molar-refractivity contribution in [2.24, 2.45) is 0 Å². The molecule has 0 radical (unpaired) electrons. The molecule has 2 heteroatoms. The number of allylic oxidation sites excluding steroid dienone is 1. The van der Waals surface area contributed by atoms with Crippen LogP contribution in [0.15, 0.2) is 12.2 Å². The van der Waals surface area contributed by atoms with Gasteiger partial charge in [-0.1, -0.05) is 19.1 Å². The molecule has 0 bridgehead atoms. The molecular formula is C8H17NO. The molecule has 0 aliphatic rings. The molecular weight excluding hydrogens is 126 g/mol. The fourth-order valence-electron chi connectivity index (χ4n) is 0.691. The van der Waals surface area contributed by atoms with Crippen molar-refractivity contribution in [3.63, 3.8) is 0 Å². The summed E-state index contributed by atoms with van der Waals surface area (Å²) >= 11 is 0. The van der Waals surface area contributed by atoms with Gasteiger partial charge in [-0.2, -0.15) is 0 Å². The summed E-state index contributed by atoms with van der Waals surface area (Å²) in [6, 6.07) is 0.260. The van der Waals surface area contributed by atoms with E-state index in [1.165, 1.54) is 0 Å². The highest BCUT2D eigenvalue weighted by Gasteiger charge is 1.99. The first-order valence-electron chi connectivity index (χ1n) is 3.80. The Bertz CT molecular complexity index is 87.3. The van der Waals surface area contributed by atoms with Crippen LogP contribution in [0.5, 0.6) is 0 Å². The predicted molar refractivity (Wildman–Crippen MR) is 44.0 cm³/mol. The lowest BCUT2D eigenvalue weighted by Crippen LogP contribution is -2.31. The Hall–Kier alpha value is -0.340. The van der Waals surface area contributed by atoms with Crippen molar-refractivity contribution in [1.82, 2.24) is 5.32 Å². The molecule has 0 aromatic rings. The van der Waals surface area contributed by atoms with Crippen LogP contribution in [0.3, 0.4) is 0 Å². The van der Waals surface area contributed by atoms with Gasteiger partial charge in [0.1, 0.15) is 0 Å². The number of aliphatic hydroxyl groups excluding tert-OH is 1. The van der Waals surface area contributed by atoms with Crippen LogP contribution < -0.4 is 5.32 Å². The molecule has 0 aromatic carbocycles. The largest absolute Gasteiger partial charge is 0.395 e. The first kappa shape index (κ1) is 9.66.